The summed E-state index contributed by atoms with van der Waals surface area (Å²) in [6.07, 6.45) is 7.22. The van der Waals surface area contributed by atoms with Gasteiger partial charge in [-0.25, -0.2) is 4.98 Å². The van der Waals surface area contributed by atoms with Crippen LogP contribution in [0.1, 0.15) is 29.5 Å². The topological polar surface area (TPSA) is 39.1 Å². The maximum Gasteiger partial charge on any atom is 0.139 e. The summed E-state index contributed by atoms with van der Waals surface area (Å²) in [5.41, 5.74) is 2.98. The van der Waals surface area contributed by atoms with Crippen LogP contribution < -0.4 is 5.32 Å². The lowest BCUT2D eigenvalue weighted by Gasteiger charge is -2.23. The summed E-state index contributed by atoms with van der Waals surface area (Å²) in [5, 5.41) is 3.81. The van der Waals surface area contributed by atoms with Gasteiger partial charge in [0.15, 0.2) is 0 Å². The first-order valence-electron chi connectivity index (χ1n) is 7.73. The SMILES string of the molecule is Cn1ccnc1[C@H]1OCC[C@@H]1NC1Cc2ccccc2C1. The number of imidazole rings is 1. The molecule has 1 aliphatic carbocycles. The molecule has 1 aromatic carbocycles. The maximum absolute atomic E-state index is 5.93. The van der Waals surface area contributed by atoms with Crippen LogP contribution in [0.2, 0.25) is 0 Å². The normalized spacial score (nSPS) is 25.4. The number of rotatable bonds is 3. The molecule has 0 radical (unpaired) electrons. The van der Waals surface area contributed by atoms with Gasteiger partial charge in [-0.3, -0.25) is 0 Å². The number of hydrogen-bond donors (Lipinski definition) is 1. The first-order chi connectivity index (χ1) is 10.3. The molecule has 1 aromatic heterocycles. The van der Waals surface area contributed by atoms with E-state index in [1.165, 1.54) is 11.1 Å². The summed E-state index contributed by atoms with van der Waals surface area (Å²) in [5.74, 6) is 1.03. The third-order valence-corrected chi connectivity index (χ3v) is 4.71. The van der Waals surface area contributed by atoms with Crippen molar-refractivity contribution in [2.75, 3.05) is 6.61 Å². The third-order valence-electron chi connectivity index (χ3n) is 4.71. The lowest BCUT2D eigenvalue weighted by molar-refractivity contribution is 0.0874. The lowest BCUT2D eigenvalue weighted by atomic mass is 10.1. The monoisotopic (exact) mass is 283 g/mol. The van der Waals surface area contributed by atoms with Crippen LogP contribution in [0.15, 0.2) is 36.7 Å². The van der Waals surface area contributed by atoms with Gasteiger partial charge in [-0.2, -0.15) is 0 Å². The zero-order valence-electron chi connectivity index (χ0n) is 12.3. The Bertz CT molecular complexity index is 611. The summed E-state index contributed by atoms with van der Waals surface area (Å²) in [6, 6.07) is 9.66. The predicted octanol–water partition coefficient (Wildman–Crippen LogP) is 2.01. The van der Waals surface area contributed by atoms with Crippen LogP contribution in [0.5, 0.6) is 0 Å². The second-order valence-electron chi connectivity index (χ2n) is 6.12. The van der Waals surface area contributed by atoms with Crippen LogP contribution in [0.3, 0.4) is 0 Å². The standard InChI is InChI=1S/C17H21N3O/c1-20-8-7-18-17(20)16-15(6-9-21-16)19-14-10-12-4-2-3-5-13(12)11-14/h2-5,7-8,14-16,19H,6,9-11H2,1H3/t15-,16-/m0/s1. The number of fused-ring (bicyclic) bond motifs is 1. The molecule has 1 saturated heterocycles. The first-order valence-corrected chi connectivity index (χ1v) is 7.73. The average Bonchev–Trinajstić information content (AvgIpc) is 3.17. The highest BCUT2D eigenvalue weighted by Gasteiger charge is 2.34. The molecule has 0 amide bonds. The first kappa shape index (κ1) is 13.0. The molecule has 0 spiro atoms. The minimum absolute atomic E-state index is 0.0775. The minimum Gasteiger partial charge on any atom is -0.369 e. The summed E-state index contributed by atoms with van der Waals surface area (Å²) in [6.45, 7) is 0.814. The highest BCUT2D eigenvalue weighted by atomic mass is 16.5. The van der Waals surface area contributed by atoms with Crippen molar-refractivity contribution in [3.8, 4) is 0 Å². The summed E-state index contributed by atoms with van der Waals surface area (Å²) in [7, 11) is 2.03. The van der Waals surface area contributed by atoms with E-state index in [9.17, 15) is 0 Å². The molecule has 110 valence electrons. The number of ether oxygens (including phenoxy) is 1. The van der Waals surface area contributed by atoms with Crippen molar-refractivity contribution in [1.82, 2.24) is 14.9 Å². The quantitative estimate of drug-likeness (QED) is 0.936. The molecule has 0 saturated carbocycles. The molecule has 2 aromatic rings. The van der Waals surface area contributed by atoms with Crippen LogP contribution in [0, 0.1) is 0 Å². The molecule has 1 aliphatic heterocycles. The molecule has 0 unspecified atom stereocenters. The van der Waals surface area contributed by atoms with E-state index in [1.54, 1.807) is 0 Å². The number of nitrogens with one attached hydrogen (secondary N) is 1. The van der Waals surface area contributed by atoms with Gasteiger partial charge >= 0.3 is 0 Å². The van der Waals surface area contributed by atoms with Crippen molar-refractivity contribution < 1.29 is 4.74 Å². The number of hydrogen-bond acceptors (Lipinski definition) is 3. The van der Waals surface area contributed by atoms with Crippen molar-refractivity contribution in [1.29, 1.82) is 0 Å². The molecular formula is C17H21N3O. The van der Waals surface area contributed by atoms with Gasteiger partial charge in [0.2, 0.25) is 0 Å². The fourth-order valence-electron chi connectivity index (χ4n) is 3.65. The summed E-state index contributed by atoms with van der Waals surface area (Å²) < 4.78 is 8.00. The Hall–Kier alpha value is -1.65. The van der Waals surface area contributed by atoms with Gasteiger partial charge in [0.1, 0.15) is 11.9 Å². The number of aromatic nitrogens is 2. The Morgan fingerprint density at radius 3 is 2.67 bits per heavy atom. The van der Waals surface area contributed by atoms with Crippen molar-refractivity contribution >= 4 is 0 Å². The van der Waals surface area contributed by atoms with Gasteiger partial charge in [-0.1, -0.05) is 24.3 Å². The fourth-order valence-corrected chi connectivity index (χ4v) is 3.65. The second-order valence-corrected chi connectivity index (χ2v) is 6.12. The van der Waals surface area contributed by atoms with Crippen molar-refractivity contribution in [3.05, 3.63) is 53.6 Å². The zero-order chi connectivity index (χ0) is 14.2. The van der Waals surface area contributed by atoms with E-state index < -0.39 is 0 Å². The number of nitrogens with zero attached hydrogens (tertiary/aromatic N) is 2. The second kappa shape index (κ2) is 5.28. The molecule has 1 fully saturated rings. The maximum atomic E-state index is 5.93. The average molecular weight is 283 g/mol. The van der Waals surface area contributed by atoms with E-state index in [4.69, 9.17) is 4.74 Å². The number of aryl methyl sites for hydroxylation is 1. The van der Waals surface area contributed by atoms with Crippen LogP contribution in [-0.4, -0.2) is 28.2 Å². The summed E-state index contributed by atoms with van der Waals surface area (Å²) >= 11 is 0. The molecule has 2 atom stereocenters. The Labute approximate surface area is 125 Å². The molecule has 21 heavy (non-hydrogen) atoms. The zero-order valence-corrected chi connectivity index (χ0v) is 12.3. The van der Waals surface area contributed by atoms with Gasteiger partial charge in [0.25, 0.3) is 0 Å². The molecule has 4 heteroatoms. The molecule has 2 heterocycles. The Morgan fingerprint density at radius 1 is 1.24 bits per heavy atom. The molecule has 2 aliphatic rings. The highest BCUT2D eigenvalue weighted by Crippen LogP contribution is 2.30. The number of benzene rings is 1. The van der Waals surface area contributed by atoms with Crippen LogP contribution in [-0.2, 0) is 24.6 Å². The van der Waals surface area contributed by atoms with Crippen LogP contribution >= 0.6 is 0 Å². The van der Waals surface area contributed by atoms with Gasteiger partial charge in [-0.05, 0) is 30.4 Å². The third kappa shape index (κ3) is 2.39. The smallest absolute Gasteiger partial charge is 0.139 e. The molecular weight excluding hydrogens is 262 g/mol. The van der Waals surface area contributed by atoms with E-state index >= 15 is 0 Å². The minimum atomic E-state index is 0.0775. The highest BCUT2D eigenvalue weighted by molar-refractivity contribution is 5.33. The van der Waals surface area contributed by atoms with E-state index in [-0.39, 0.29) is 6.10 Å². The van der Waals surface area contributed by atoms with Crippen molar-refractivity contribution in [2.24, 2.45) is 7.05 Å². The Morgan fingerprint density at radius 2 is 2.00 bits per heavy atom. The largest absolute Gasteiger partial charge is 0.369 e. The van der Waals surface area contributed by atoms with Crippen molar-refractivity contribution in [3.63, 3.8) is 0 Å². The van der Waals surface area contributed by atoms with E-state index in [0.29, 0.717) is 12.1 Å². The predicted molar refractivity (Wildman–Crippen MR) is 81.1 cm³/mol. The van der Waals surface area contributed by atoms with Gasteiger partial charge < -0.3 is 14.6 Å². The molecule has 4 rings (SSSR count). The van der Waals surface area contributed by atoms with E-state index in [1.807, 2.05) is 19.4 Å². The van der Waals surface area contributed by atoms with Gasteiger partial charge in [-0.15, -0.1) is 0 Å². The van der Waals surface area contributed by atoms with Crippen LogP contribution in [0.25, 0.3) is 0 Å². The van der Waals surface area contributed by atoms with Gasteiger partial charge in [0.05, 0.1) is 0 Å². The Balaban J connectivity index is 1.47. The molecule has 0 bridgehead atoms. The van der Waals surface area contributed by atoms with Gasteiger partial charge in [0, 0.05) is 38.1 Å². The van der Waals surface area contributed by atoms with E-state index in [0.717, 1.165) is 31.7 Å². The lowest BCUT2D eigenvalue weighted by Crippen LogP contribution is -2.41. The Kier molecular flexibility index (Phi) is 3.28. The molecule has 1 N–H and O–H groups in total. The van der Waals surface area contributed by atoms with E-state index in [2.05, 4.69) is 39.1 Å². The molecule has 4 nitrogen and oxygen atoms in total. The van der Waals surface area contributed by atoms with Crippen LogP contribution in [0.4, 0.5) is 0 Å². The summed E-state index contributed by atoms with van der Waals surface area (Å²) in [4.78, 5) is 4.46. The fraction of sp³-hybridized carbons (Fsp3) is 0.471. The van der Waals surface area contributed by atoms with Crippen molar-refractivity contribution in [2.45, 2.75) is 37.5 Å².